The Morgan fingerprint density at radius 2 is 2.08 bits per heavy atom. The SMILES string of the molecule is CCOC(=O)OC(C)C(O)CC. The summed E-state index contributed by atoms with van der Waals surface area (Å²) in [4.78, 5) is 10.7. The van der Waals surface area contributed by atoms with Crippen LogP contribution < -0.4 is 0 Å². The lowest BCUT2D eigenvalue weighted by atomic mass is 10.2. The second-order valence-corrected chi connectivity index (χ2v) is 2.48. The molecule has 0 amide bonds. The van der Waals surface area contributed by atoms with Gasteiger partial charge in [-0.2, -0.15) is 0 Å². The third-order valence-corrected chi connectivity index (χ3v) is 1.50. The lowest BCUT2D eigenvalue weighted by Crippen LogP contribution is -2.28. The third-order valence-electron chi connectivity index (χ3n) is 1.50. The first-order valence-corrected chi connectivity index (χ1v) is 4.13. The van der Waals surface area contributed by atoms with Gasteiger partial charge in [0.25, 0.3) is 0 Å². The monoisotopic (exact) mass is 176 g/mol. The second kappa shape index (κ2) is 5.83. The highest BCUT2D eigenvalue weighted by Gasteiger charge is 2.16. The van der Waals surface area contributed by atoms with E-state index in [0.29, 0.717) is 6.42 Å². The molecule has 72 valence electrons. The molecule has 0 saturated carbocycles. The molecule has 0 aromatic heterocycles. The molecule has 0 heterocycles. The Bertz CT molecular complexity index is 135. The zero-order valence-corrected chi connectivity index (χ0v) is 7.74. The van der Waals surface area contributed by atoms with Crippen LogP contribution in [0.5, 0.6) is 0 Å². The van der Waals surface area contributed by atoms with Gasteiger partial charge in [0, 0.05) is 0 Å². The van der Waals surface area contributed by atoms with E-state index in [0.717, 1.165) is 0 Å². The van der Waals surface area contributed by atoms with Gasteiger partial charge >= 0.3 is 6.16 Å². The standard InChI is InChI=1S/C8H16O4/c1-4-7(9)6(3)12-8(10)11-5-2/h6-7,9H,4-5H2,1-3H3. The van der Waals surface area contributed by atoms with Gasteiger partial charge in [-0.25, -0.2) is 4.79 Å². The highest BCUT2D eigenvalue weighted by molar-refractivity contribution is 5.60. The van der Waals surface area contributed by atoms with E-state index in [-0.39, 0.29) is 6.61 Å². The van der Waals surface area contributed by atoms with Crippen LogP contribution in [0.15, 0.2) is 0 Å². The smallest absolute Gasteiger partial charge is 0.435 e. The predicted molar refractivity (Wildman–Crippen MR) is 43.9 cm³/mol. The van der Waals surface area contributed by atoms with Gasteiger partial charge in [0.2, 0.25) is 0 Å². The van der Waals surface area contributed by atoms with Crippen molar-refractivity contribution in [1.29, 1.82) is 0 Å². The molecule has 0 spiro atoms. The van der Waals surface area contributed by atoms with Crippen LogP contribution in [0.3, 0.4) is 0 Å². The van der Waals surface area contributed by atoms with Crippen LogP contribution >= 0.6 is 0 Å². The minimum absolute atomic E-state index is 0.285. The molecular formula is C8H16O4. The maximum absolute atomic E-state index is 10.7. The average Bonchev–Trinajstić information content (AvgIpc) is 2.03. The molecule has 0 aromatic carbocycles. The van der Waals surface area contributed by atoms with Crippen LogP contribution in [0.4, 0.5) is 4.79 Å². The van der Waals surface area contributed by atoms with Gasteiger partial charge in [0.05, 0.1) is 12.7 Å². The Morgan fingerprint density at radius 1 is 1.50 bits per heavy atom. The molecular weight excluding hydrogens is 160 g/mol. The zero-order chi connectivity index (χ0) is 9.56. The van der Waals surface area contributed by atoms with Crippen molar-refractivity contribution < 1.29 is 19.4 Å². The van der Waals surface area contributed by atoms with E-state index >= 15 is 0 Å². The topological polar surface area (TPSA) is 55.8 Å². The van der Waals surface area contributed by atoms with Crippen molar-refractivity contribution in [3.05, 3.63) is 0 Å². The number of hydrogen-bond acceptors (Lipinski definition) is 4. The molecule has 0 aliphatic carbocycles. The Hall–Kier alpha value is -0.770. The summed E-state index contributed by atoms with van der Waals surface area (Å²) in [5.74, 6) is 0. The van der Waals surface area contributed by atoms with Crippen LogP contribution in [0.2, 0.25) is 0 Å². The zero-order valence-electron chi connectivity index (χ0n) is 7.74. The molecule has 0 aliphatic rings. The average molecular weight is 176 g/mol. The van der Waals surface area contributed by atoms with E-state index in [1.165, 1.54) is 0 Å². The van der Waals surface area contributed by atoms with Crippen LogP contribution in [-0.2, 0) is 9.47 Å². The number of ether oxygens (including phenoxy) is 2. The van der Waals surface area contributed by atoms with Crippen LogP contribution in [-0.4, -0.2) is 30.1 Å². The molecule has 0 rings (SSSR count). The Balaban J connectivity index is 3.67. The largest absolute Gasteiger partial charge is 0.508 e. The maximum atomic E-state index is 10.7. The predicted octanol–water partition coefficient (Wildman–Crippen LogP) is 1.32. The van der Waals surface area contributed by atoms with Gasteiger partial charge in [-0.15, -0.1) is 0 Å². The van der Waals surface area contributed by atoms with E-state index in [4.69, 9.17) is 4.74 Å². The Morgan fingerprint density at radius 3 is 2.50 bits per heavy atom. The summed E-state index contributed by atoms with van der Waals surface area (Å²) in [5, 5.41) is 9.21. The fourth-order valence-electron chi connectivity index (χ4n) is 0.714. The van der Waals surface area contributed by atoms with Crippen LogP contribution in [0.25, 0.3) is 0 Å². The summed E-state index contributed by atoms with van der Waals surface area (Å²) in [5.41, 5.74) is 0. The highest BCUT2D eigenvalue weighted by atomic mass is 16.7. The Kier molecular flexibility index (Phi) is 5.45. The molecule has 0 aromatic rings. The molecule has 0 aliphatic heterocycles. The van der Waals surface area contributed by atoms with E-state index in [1.807, 2.05) is 6.92 Å². The molecule has 0 bridgehead atoms. The third kappa shape index (κ3) is 4.18. The number of aliphatic hydroxyl groups excluding tert-OH is 1. The number of hydrogen-bond donors (Lipinski definition) is 1. The van der Waals surface area contributed by atoms with Gasteiger partial charge in [0.15, 0.2) is 0 Å². The van der Waals surface area contributed by atoms with Gasteiger partial charge in [-0.05, 0) is 20.3 Å². The van der Waals surface area contributed by atoms with Gasteiger partial charge in [0.1, 0.15) is 6.10 Å². The first-order valence-electron chi connectivity index (χ1n) is 4.13. The van der Waals surface area contributed by atoms with Crippen LogP contribution in [0, 0.1) is 0 Å². The van der Waals surface area contributed by atoms with Crippen molar-refractivity contribution in [1.82, 2.24) is 0 Å². The Labute approximate surface area is 72.5 Å². The molecule has 0 radical (unpaired) electrons. The second-order valence-electron chi connectivity index (χ2n) is 2.48. The number of carbonyl (C=O) groups excluding carboxylic acids is 1. The molecule has 1 N–H and O–H groups in total. The lowest BCUT2D eigenvalue weighted by Gasteiger charge is -2.16. The number of rotatable bonds is 4. The number of carbonyl (C=O) groups is 1. The summed E-state index contributed by atoms with van der Waals surface area (Å²) in [6.45, 7) is 5.43. The van der Waals surface area contributed by atoms with Crippen molar-refractivity contribution in [2.24, 2.45) is 0 Å². The normalized spacial score (nSPS) is 15.0. The summed E-state index contributed by atoms with van der Waals surface area (Å²) in [6.07, 6.45) is -1.29. The van der Waals surface area contributed by atoms with Crippen molar-refractivity contribution in [3.63, 3.8) is 0 Å². The van der Waals surface area contributed by atoms with Crippen molar-refractivity contribution in [3.8, 4) is 0 Å². The molecule has 0 saturated heterocycles. The van der Waals surface area contributed by atoms with E-state index in [9.17, 15) is 9.90 Å². The first-order chi connectivity index (χ1) is 5.61. The van der Waals surface area contributed by atoms with E-state index in [2.05, 4.69) is 4.74 Å². The molecule has 2 unspecified atom stereocenters. The minimum atomic E-state index is -0.725. The summed E-state index contributed by atoms with van der Waals surface area (Å²) >= 11 is 0. The van der Waals surface area contributed by atoms with Crippen molar-refractivity contribution in [2.75, 3.05) is 6.61 Å². The molecule has 4 heteroatoms. The fourth-order valence-corrected chi connectivity index (χ4v) is 0.714. The summed E-state index contributed by atoms with van der Waals surface area (Å²) < 4.78 is 9.27. The molecule has 2 atom stereocenters. The van der Waals surface area contributed by atoms with Crippen molar-refractivity contribution >= 4 is 6.16 Å². The highest BCUT2D eigenvalue weighted by Crippen LogP contribution is 2.03. The minimum Gasteiger partial charge on any atom is -0.435 e. The first kappa shape index (κ1) is 11.2. The van der Waals surface area contributed by atoms with Crippen molar-refractivity contribution in [2.45, 2.75) is 39.4 Å². The number of aliphatic hydroxyl groups is 1. The maximum Gasteiger partial charge on any atom is 0.508 e. The molecule has 4 nitrogen and oxygen atoms in total. The van der Waals surface area contributed by atoms with Gasteiger partial charge in [-0.3, -0.25) is 0 Å². The fraction of sp³-hybridized carbons (Fsp3) is 0.875. The summed E-state index contributed by atoms with van der Waals surface area (Å²) in [6, 6.07) is 0. The van der Waals surface area contributed by atoms with E-state index < -0.39 is 18.4 Å². The van der Waals surface area contributed by atoms with E-state index in [1.54, 1.807) is 13.8 Å². The molecule has 0 fully saturated rings. The quantitative estimate of drug-likeness (QED) is 0.656. The van der Waals surface area contributed by atoms with Gasteiger partial charge in [-0.1, -0.05) is 6.92 Å². The molecule has 12 heavy (non-hydrogen) atoms. The lowest BCUT2D eigenvalue weighted by molar-refractivity contribution is -0.0231. The van der Waals surface area contributed by atoms with Gasteiger partial charge < -0.3 is 14.6 Å². The summed E-state index contributed by atoms with van der Waals surface area (Å²) in [7, 11) is 0. The van der Waals surface area contributed by atoms with Crippen LogP contribution in [0.1, 0.15) is 27.2 Å².